The molecule has 0 aromatic carbocycles. The molecule has 0 saturated carbocycles. The number of piperidine rings is 1. The molecule has 3 saturated heterocycles. The largest absolute Gasteiger partial charge is 0.345 e. The van der Waals surface area contributed by atoms with Crippen LogP contribution in [0.2, 0.25) is 0 Å². The number of fused-ring (bicyclic) bond motifs is 4. The molecule has 2 aromatic heterocycles. The van der Waals surface area contributed by atoms with Crippen LogP contribution in [0.25, 0.3) is 0 Å². The monoisotopic (exact) mass is 320 g/mol. The van der Waals surface area contributed by atoms with Crippen LogP contribution in [0.3, 0.4) is 0 Å². The number of aromatic nitrogens is 2. The fourth-order valence-corrected chi connectivity index (χ4v) is 4.48. The summed E-state index contributed by atoms with van der Waals surface area (Å²) in [5, 5.41) is 5.07. The zero-order valence-electron chi connectivity index (χ0n) is 11.5. The topological polar surface area (TPSA) is 49.3 Å². The van der Waals surface area contributed by atoms with Gasteiger partial charge in [0.2, 0.25) is 5.91 Å². The van der Waals surface area contributed by atoms with Crippen LogP contribution in [0.15, 0.2) is 22.5 Å². The lowest BCUT2D eigenvalue weighted by atomic mass is 9.94. The average molecular weight is 320 g/mol. The molecule has 0 unspecified atom stereocenters. The molecule has 2 aromatic rings. The molecule has 2 atom stereocenters. The number of hydrogen-bond acceptors (Lipinski definition) is 6. The van der Waals surface area contributed by atoms with Crippen LogP contribution in [0, 0.1) is 5.92 Å². The molecule has 21 heavy (non-hydrogen) atoms. The third-order valence-corrected chi connectivity index (χ3v) is 5.77. The van der Waals surface area contributed by atoms with Gasteiger partial charge in [-0.2, -0.15) is 0 Å². The lowest BCUT2D eigenvalue weighted by molar-refractivity contribution is -0.140. The molecule has 3 aliphatic rings. The van der Waals surface area contributed by atoms with Crippen LogP contribution in [0.5, 0.6) is 0 Å². The van der Waals surface area contributed by atoms with E-state index in [1.807, 2.05) is 27.4 Å². The van der Waals surface area contributed by atoms with Gasteiger partial charge in [-0.3, -0.25) is 4.79 Å². The molecule has 2 bridgehead atoms. The summed E-state index contributed by atoms with van der Waals surface area (Å²) in [6.45, 7) is 2.34. The second-order valence-corrected chi connectivity index (χ2v) is 7.19. The number of carbonyl (C=O) groups is 1. The quantitative estimate of drug-likeness (QED) is 0.870. The summed E-state index contributed by atoms with van der Waals surface area (Å²) < 4.78 is 0. The van der Waals surface area contributed by atoms with E-state index in [4.69, 9.17) is 0 Å². The van der Waals surface area contributed by atoms with Crippen molar-refractivity contribution >= 4 is 33.7 Å². The first-order valence-corrected chi connectivity index (χ1v) is 8.95. The number of anilines is 1. The predicted molar refractivity (Wildman–Crippen MR) is 83.5 cm³/mol. The second kappa shape index (κ2) is 5.38. The minimum atomic E-state index is 0.103. The molecule has 5 rings (SSSR count). The minimum Gasteiger partial charge on any atom is -0.345 e. The Balaban J connectivity index is 1.59. The Morgan fingerprint density at radius 3 is 3.00 bits per heavy atom. The van der Waals surface area contributed by atoms with Crippen LogP contribution in [0.4, 0.5) is 5.13 Å². The molecular weight excluding hydrogens is 304 g/mol. The number of amides is 1. The first-order chi connectivity index (χ1) is 10.3. The van der Waals surface area contributed by atoms with Crippen molar-refractivity contribution in [2.75, 3.05) is 18.0 Å². The van der Waals surface area contributed by atoms with Crippen LogP contribution >= 0.6 is 22.7 Å². The van der Waals surface area contributed by atoms with Gasteiger partial charge in [-0.05, 0) is 12.8 Å². The van der Waals surface area contributed by atoms with Gasteiger partial charge in [0, 0.05) is 36.1 Å². The molecular formula is C14H16N4OS2. The Kier molecular flexibility index (Phi) is 3.39. The highest BCUT2D eigenvalue weighted by Gasteiger charge is 2.41. The molecule has 5 heterocycles. The third-order valence-electron chi connectivity index (χ3n) is 4.30. The van der Waals surface area contributed by atoms with Crippen LogP contribution < -0.4 is 4.90 Å². The first-order valence-electron chi connectivity index (χ1n) is 7.13. The van der Waals surface area contributed by atoms with Crippen LogP contribution in [-0.2, 0) is 11.3 Å². The van der Waals surface area contributed by atoms with Gasteiger partial charge in [0.25, 0.3) is 0 Å². The summed E-state index contributed by atoms with van der Waals surface area (Å²) in [6, 6.07) is 0.279. The van der Waals surface area contributed by atoms with Crippen molar-refractivity contribution in [2.24, 2.45) is 5.92 Å². The molecule has 3 fully saturated rings. The molecule has 0 radical (unpaired) electrons. The minimum absolute atomic E-state index is 0.103. The lowest BCUT2D eigenvalue weighted by Crippen LogP contribution is -2.47. The van der Waals surface area contributed by atoms with E-state index in [0.29, 0.717) is 12.5 Å². The van der Waals surface area contributed by atoms with Gasteiger partial charge in [-0.1, -0.05) is 0 Å². The van der Waals surface area contributed by atoms with Crippen molar-refractivity contribution in [3.8, 4) is 0 Å². The smallest absolute Gasteiger partial charge is 0.228 e. The van der Waals surface area contributed by atoms with E-state index in [1.54, 1.807) is 22.7 Å². The lowest BCUT2D eigenvalue weighted by Gasteiger charge is -2.35. The van der Waals surface area contributed by atoms with Crippen molar-refractivity contribution < 1.29 is 4.79 Å². The number of hydrogen-bond donors (Lipinski definition) is 0. The average Bonchev–Trinajstić information content (AvgIpc) is 3.13. The van der Waals surface area contributed by atoms with Crippen molar-refractivity contribution in [3.05, 3.63) is 28.2 Å². The van der Waals surface area contributed by atoms with Gasteiger partial charge in [0.05, 0.1) is 23.7 Å². The van der Waals surface area contributed by atoms with Gasteiger partial charge in [0.1, 0.15) is 0 Å². The fourth-order valence-electron chi connectivity index (χ4n) is 3.27. The van der Waals surface area contributed by atoms with Gasteiger partial charge >= 0.3 is 0 Å². The third kappa shape index (κ3) is 2.44. The normalized spacial score (nSPS) is 25.4. The molecule has 0 aliphatic carbocycles. The summed E-state index contributed by atoms with van der Waals surface area (Å²) in [6.07, 6.45) is 3.92. The summed E-state index contributed by atoms with van der Waals surface area (Å²) in [4.78, 5) is 25.8. The number of rotatable bonds is 3. The maximum absolute atomic E-state index is 12.7. The predicted octanol–water partition coefficient (Wildman–Crippen LogP) is 2.23. The highest BCUT2D eigenvalue weighted by atomic mass is 32.1. The molecule has 7 heteroatoms. The standard InChI is InChI=1S/C14H16N4OS2/c19-13-10-1-2-12(18(13)6-11-8-20-9-16-11)7-17(5-10)14-15-3-4-21-14/h3-4,8-10,12H,1-2,5-7H2/t10-,12+/m0/s1. The van der Waals surface area contributed by atoms with Gasteiger partial charge in [0.15, 0.2) is 5.13 Å². The Labute approximate surface area is 131 Å². The van der Waals surface area contributed by atoms with Crippen molar-refractivity contribution in [2.45, 2.75) is 25.4 Å². The Morgan fingerprint density at radius 1 is 1.29 bits per heavy atom. The number of thiazole rings is 2. The van der Waals surface area contributed by atoms with E-state index in [2.05, 4.69) is 14.9 Å². The fraction of sp³-hybridized carbons (Fsp3) is 0.500. The molecule has 0 N–H and O–H groups in total. The molecule has 0 spiro atoms. The summed E-state index contributed by atoms with van der Waals surface area (Å²) in [5.41, 5.74) is 2.83. The zero-order chi connectivity index (χ0) is 14.2. The van der Waals surface area contributed by atoms with E-state index < -0.39 is 0 Å². The molecule has 3 aliphatic heterocycles. The summed E-state index contributed by atoms with van der Waals surface area (Å²) in [7, 11) is 0. The second-order valence-electron chi connectivity index (χ2n) is 5.59. The highest BCUT2D eigenvalue weighted by molar-refractivity contribution is 7.13. The molecule has 1 amide bonds. The molecule has 110 valence electrons. The van der Waals surface area contributed by atoms with Crippen molar-refractivity contribution in [1.29, 1.82) is 0 Å². The van der Waals surface area contributed by atoms with E-state index in [9.17, 15) is 4.79 Å². The van der Waals surface area contributed by atoms with Crippen LogP contribution in [-0.4, -0.2) is 39.9 Å². The SMILES string of the molecule is O=C1[C@H]2CC[C@H](CN(c3nccs3)C2)N1Cc1cscn1. The zero-order valence-corrected chi connectivity index (χ0v) is 13.1. The van der Waals surface area contributed by atoms with E-state index in [-0.39, 0.29) is 12.0 Å². The summed E-state index contributed by atoms with van der Waals surface area (Å²) >= 11 is 3.24. The maximum Gasteiger partial charge on any atom is 0.228 e. The first kappa shape index (κ1) is 13.2. The number of carbonyl (C=O) groups excluding carboxylic acids is 1. The van der Waals surface area contributed by atoms with Gasteiger partial charge in [-0.15, -0.1) is 22.7 Å². The van der Waals surface area contributed by atoms with Crippen molar-refractivity contribution in [1.82, 2.24) is 14.9 Å². The van der Waals surface area contributed by atoms with Gasteiger partial charge < -0.3 is 9.80 Å². The summed E-state index contributed by atoms with van der Waals surface area (Å²) in [5.74, 6) is 0.393. The molecule has 5 nitrogen and oxygen atoms in total. The number of nitrogens with zero attached hydrogens (tertiary/aromatic N) is 4. The van der Waals surface area contributed by atoms with E-state index >= 15 is 0 Å². The highest BCUT2D eigenvalue weighted by Crippen LogP contribution is 2.33. The van der Waals surface area contributed by atoms with Gasteiger partial charge in [-0.25, -0.2) is 9.97 Å². The van der Waals surface area contributed by atoms with E-state index in [1.165, 1.54) is 0 Å². The maximum atomic E-state index is 12.7. The van der Waals surface area contributed by atoms with E-state index in [0.717, 1.165) is 36.8 Å². The van der Waals surface area contributed by atoms with Crippen molar-refractivity contribution in [3.63, 3.8) is 0 Å². The Hall–Kier alpha value is -1.47. The van der Waals surface area contributed by atoms with Crippen LogP contribution in [0.1, 0.15) is 18.5 Å². The Bertz CT molecular complexity index is 613. The Morgan fingerprint density at radius 2 is 2.24 bits per heavy atom.